The normalized spacial score (nSPS) is 13.5. The number of rotatable bonds is 13. The van der Waals surface area contributed by atoms with Crippen molar-refractivity contribution >= 4 is 11.9 Å². The lowest BCUT2D eigenvalue weighted by molar-refractivity contribution is -0.152. The number of esters is 2. The molecule has 0 saturated heterocycles. The minimum absolute atomic E-state index is 0.102. The molecule has 0 radical (unpaired) electrons. The van der Waals surface area contributed by atoms with Crippen LogP contribution in [-0.2, 0) is 19.1 Å². The molecule has 0 aliphatic rings. The molecule has 22 heavy (non-hydrogen) atoms. The lowest BCUT2D eigenvalue weighted by Gasteiger charge is -2.18. The van der Waals surface area contributed by atoms with Crippen molar-refractivity contribution in [2.45, 2.75) is 79.1 Å². The van der Waals surface area contributed by atoms with Gasteiger partial charge in [-0.3, -0.25) is 9.59 Å². The molecule has 0 heterocycles. The van der Waals surface area contributed by atoms with E-state index in [-0.39, 0.29) is 23.8 Å². The highest BCUT2D eigenvalue weighted by molar-refractivity contribution is 5.73. The zero-order chi connectivity index (χ0) is 16.8. The summed E-state index contributed by atoms with van der Waals surface area (Å²) in [4.78, 5) is 24.0. The van der Waals surface area contributed by atoms with Gasteiger partial charge in [0.15, 0.2) is 0 Å². The van der Waals surface area contributed by atoms with Gasteiger partial charge >= 0.3 is 11.9 Å². The van der Waals surface area contributed by atoms with Gasteiger partial charge in [-0.1, -0.05) is 40.5 Å². The zero-order valence-corrected chi connectivity index (χ0v) is 14.9. The van der Waals surface area contributed by atoms with E-state index in [2.05, 4.69) is 13.8 Å². The van der Waals surface area contributed by atoms with E-state index in [0.29, 0.717) is 26.1 Å². The molecule has 0 aliphatic carbocycles. The van der Waals surface area contributed by atoms with Gasteiger partial charge in [-0.15, -0.1) is 0 Å². The molecule has 0 bridgehead atoms. The summed E-state index contributed by atoms with van der Waals surface area (Å²) < 4.78 is 10.6. The fourth-order valence-electron chi connectivity index (χ4n) is 2.25. The highest BCUT2D eigenvalue weighted by Crippen LogP contribution is 2.21. The minimum Gasteiger partial charge on any atom is -0.465 e. The molecule has 2 atom stereocenters. The van der Waals surface area contributed by atoms with Crippen molar-refractivity contribution in [2.75, 3.05) is 13.2 Å². The summed E-state index contributed by atoms with van der Waals surface area (Å²) >= 11 is 0. The van der Waals surface area contributed by atoms with Crippen LogP contribution in [0.25, 0.3) is 0 Å². The van der Waals surface area contributed by atoms with Crippen LogP contribution < -0.4 is 0 Å². The summed E-state index contributed by atoms with van der Waals surface area (Å²) in [6.07, 6.45) is 6.76. The monoisotopic (exact) mass is 314 g/mol. The Morgan fingerprint density at radius 3 is 1.36 bits per heavy atom. The predicted octanol–water partition coefficient (Wildman–Crippen LogP) is 4.51. The van der Waals surface area contributed by atoms with Gasteiger partial charge in [0.05, 0.1) is 25.0 Å². The van der Waals surface area contributed by atoms with Crippen molar-refractivity contribution in [2.24, 2.45) is 11.8 Å². The maximum Gasteiger partial charge on any atom is 0.308 e. The second-order valence-electron chi connectivity index (χ2n) is 5.83. The third-order valence-electron chi connectivity index (χ3n) is 4.00. The Morgan fingerprint density at radius 2 is 1.09 bits per heavy atom. The maximum atomic E-state index is 12.0. The SMILES string of the molecule is CCCCOC(=O)C(CC)CCC(CC)C(=O)OCCCC. The summed E-state index contributed by atoms with van der Waals surface area (Å²) in [6, 6.07) is 0. The summed E-state index contributed by atoms with van der Waals surface area (Å²) in [6.45, 7) is 9.13. The van der Waals surface area contributed by atoms with E-state index in [1.165, 1.54) is 0 Å². The summed E-state index contributed by atoms with van der Waals surface area (Å²) in [5, 5.41) is 0. The fourth-order valence-corrected chi connectivity index (χ4v) is 2.25. The summed E-state index contributed by atoms with van der Waals surface area (Å²) in [5.74, 6) is -0.445. The number of hydrogen-bond donors (Lipinski definition) is 0. The van der Waals surface area contributed by atoms with E-state index >= 15 is 0 Å². The first-order valence-electron chi connectivity index (χ1n) is 8.93. The van der Waals surface area contributed by atoms with Crippen LogP contribution >= 0.6 is 0 Å². The Kier molecular flexibility index (Phi) is 12.9. The van der Waals surface area contributed by atoms with Crippen LogP contribution in [0.2, 0.25) is 0 Å². The first-order valence-corrected chi connectivity index (χ1v) is 8.93. The Labute approximate surface area is 135 Å². The van der Waals surface area contributed by atoms with Crippen molar-refractivity contribution in [3.63, 3.8) is 0 Å². The van der Waals surface area contributed by atoms with Crippen molar-refractivity contribution in [3.8, 4) is 0 Å². The largest absolute Gasteiger partial charge is 0.465 e. The van der Waals surface area contributed by atoms with E-state index < -0.39 is 0 Å². The number of hydrogen-bond acceptors (Lipinski definition) is 4. The highest BCUT2D eigenvalue weighted by atomic mass is 16.5. The third kappa shape index (κ3) is 9.06. The molecular weight excluding hydrogens is 280 g/mol. The van der Waals surface area contributed by atoms with Gasteiger partial charge in [0.1, 0.15) is 0 Å². The third-order valence-corrected chi connectivity index (χ3v) is 4.00. The van der Waals surface area contributed by atoms with Crippen LogP contribution in [-0.4, -0.2) is 25.2 Å². The van der Waals surface area contributed by atoms with Gasteiger partial charge in [-0.05, 0) is 38.5 Å². The van der Waals surface area contributed by atoms with Crippen LogP contribution in [0.15, 0.2) is 0 Å². The number of carbonyl (C=O) groups excluding carboxylic acids is 2. The van der Waals surface area contributed by atoms with E-state index in [9.17, 15) is 9.59 Å². The smallest absolute Gasteiger partial charge is 0.308 e. The molecule has 0 rings (SSSR count). The number of unbranched alkanes of at least 4 members (excludes halogenated alkanes) is 2. The molecule has 0 aromatic carbocycles. The first kappa shape index (κ1) is 20.9. The summed E-state index contributed by atoms with van der Waals surface area (Å²) in [5.41, 5.74) is 0. The average molecular weight is 314 g/mol. The molecule has 4 nitrogen and oxygen atoms in total. The van der Waals surface area contributed by atoms with E-state index in [1.807, 2.05) is 13.8 Å². The van der Waals surface area contributed by atoms with Crippen LogP contribution in [0, 0.1) is 11.8 Å². The predicted molar refractivity (Wildman–Crippen MR) is 88.5 cm³/mol. The summed E-state index contributed by atoms with van der Waals surface area (Å²) in [7, 11) is 0. The quantitative estimate of drug-likeness (QED) is 0.371. The van der Waals surface area contributed by atoms with Crippen molar-refractivity contribution in [3.05, 3.63) is 0 Å². The fraction of sp³-hybridized carbons (Fsp3) is 0.889. The molecule has 0 fully saturated rings. The lowest BCUT2D eigenvalue weighted by Crippen LogP contribution is -2.22. The molecule has 4 heteroatoms. The highest BCUT2D eigenvalue weighted by Gasteiger charge is 2.23. The average Bonchev–Trinajstić information content (AvgIpc) is 2.52. The Hall–Kier alpha value is -1.06. The van der Waals surface area contributed by atoms with Crippen molar-refractivity contribution < 1.29 is 19.1 Å². The van der Waals surface area contributed by atoms with Gasteiger partial charge in [0.2, 0.25) is 0 Å². The minimum atomic E-state index is -0.120. The van der Waals surface area contributed by atoms with Gasteiger partial charge in [0.25, 0.3) is 0 Å². The zero-order valence-electron chi connectivity index (χ0n) is 14.9. The van der Waals surface area contributed by atoms with E-state index in [0.717, 1.165) is 38.5 Å². The molecule has 0 amide bonds. The van der Waals surface area contributed by atoms with Gasteiger partial charge in [-0.2, -0.15) is 0 Å². The number of carbonyl (C=O) groups is 2. The Balaban J connectivity index is 4.20. The maximum absolute atomic E-state index is 12.0. The van der Waals surface area contributed by atoms with Crippen LogP contribution in [0.4, 0.5) is 0 Å². The molecule has 0 aliphatic heterocycles. The van der Waals surface area contributed by atoms with E-state index in [1.54, 1.807) is 0 Å². The second kappa shape index (κ2) is 13.6. The number of ether oxygens (including phenoxy) is 2. The molecular formula is C18H34O4. The first-order chi connectivity index (χ1) is 10.6. The molecule has 0 saturated carbocycles. The standard InChI is InChI=1S/C18H34O4/c1-5-9-13-21-17(19)15(7-3)11-12-16(8-4)18(20)22-14-10-6-2/h15-16H,5-14H2,1-4H3. The van der Waals surface area contributed by atoms with Crippen LogP contribution in [0.1, 0.15) is 79.1 Å². The van der Waals surface area contributed by atoms with Crippen LogP contribution in [0.3, 0.4) is 0 Å². The molecule has 0 aromatic heterocycles. The lowest BCUT2D eigenvalue weighted by atomic mass is 9.92. The van der Waals surface area contributed by atoms with E-state index in [4.69, 9.17) is 9.47 Å². The van der Waals surface area contributed by atoms with Gasteiger partial charge < -0.3 is 9.47 Å². The van der Waals surface area contributed by atoms with Crippen molar-refractivity contribution in [1.29, 1.82) is 0 Å². The Bertz CT molecular complexity index is 271. The topological polar surface area (TPSA) is 52.6 Å². The van der Waals surface area contributed by atoms with Gasteiger partial charge in [-0.25, -0.2) is 0 Å². The van der Waals surface area contributed by atoms with Gasteiger partial charge in [0, 0.05) is 0 Å². The van der Waals surface area contributed by atoms with Crippen LogP contribution in [0.5, 0.6) is 0 Å². The Morgan fingerprint density at radius 1 is 0.727 bits per heavy atom. The molecule has 0 spiro atoms. The molecule has 0 N–H and O–H groups in total. The molecule has 130 valence electrons. The second-order valence-corrected chi connectivity index (χ2v) is 5.83. The van der Waals surface area contributed by atoms with Crippen molar-refractivity contribution in [1.82, 2.24) is 0 Å². The molecule has 2 unspecified atom stereocenters. The molecule has 0 aromatic rings.